The Bertz CT molecular complexity index is 940. The van der Waals surface area contributed by atoms with Gasteiger partial charge in [0.2, 0.25) is 0 Å². The Hall–Kier alpha value is -2.09. The minimum absolute atomic E-state index is 0.179. The van der Waals surface area contributed by atoms with Gasteiger partial charge in [-0.3, -0.25) is 4.79 Å². The van der Waals surface area contributed by atoms with Crippen LogP contribution in [0.1, 0.15) is 32.3 Å². The molecular weight excluding hydrogens is 393 g/mol. The van der Waals surface area contributed by atoms with Crippen molar-refractivity contribution in [2.45, 2.75) is 47.7 Å². The zero-order valence-electron chi connectivity index (χ0n) is 16.7. The fourth-order valence-electron chi connectivity index (χ4n) is 3.68. The summed E-state index contributed by atoms with van der Waals surface area (Å²) in [4.78, 5) is 13.7. The molecule has 0 unspecified atom stereocenters. The molecule has 0 aliphatic carbocycles. The Morgan fingerprint density at radius 2 is 1.86 bits per heavy atom. The maximum Gasteiger partial charge on any atom is 0.268 e. The number of anilines is 1. The quantitative estimate of drug-likeness (QED) is 0.779. The number of carbonyl (C=O) groups is 1. The van der Waals surface area contributed by atoms with E-state index in [1.54, 1.807) is 33.1 Å². The van der Waals surface area contributed by atoms with Gasteiger partial charge in [-0.15, -0.1) is 0 Å². The molecule has 1 fully saturated rings. The summed E-state index contributed by atoms with van der Waals surface area (Å²) in [5.74, 6) is 0.131. The van der Waals surface area contributed by atoms with Gasteiger partial charge in [0, 0.05) is 43.0 Å². The first-order chi connectivity index (χ1) is 13.8. The second kappa shape index (κ2) is 7.63. The molecule has 0 bridgehead atoms. The smallest absolute Gasteiger partial charge is 0.268 e. The van der Waals surface area contributed by atoms with Crippen molar-refractivity contribution in [1.82, 2.24) is 0 Å². The van der Waals surface area contributed by atoms with Crippen molar-refractivity contribution < 1.29 is 23.4 Å². The number of methoxy groups -OCH3 is 1. The number of fused-ring (bicyclic) bond motifs is 1. The number of rotatable bonds is 4. The second-order valence-electron chi connectivity index (χ2n) is 7.81. The molecule has 154 valence electrons. The van der Waals surface area contributed by atoms with Gasteiger partial charge in [-0.1, -0.05) is 11.8 Å². The minimum Gasteiger partial charge on any atom is -0.476 e. The predicted octanol–water partition coefficient (Wildman–Crippen LogP) is 4.74. The molecule has 0 atom stereocenters. The number of hydrogen-bond donors (Lipinski definition) is 1. The number of hydrogen-bond acceptors (Lipinski definition) is 5. The number of halogens is 1. The predicted molar refractivity (Wildman–Crippen MR) is 109 cm³/mol. The molecule has 2 aromatic rings. The van der Waals surface area contributed by atoms with Crippen molar-refractivity contribution in [3.8, 4) is 5.75 Å². The Morgan fingerprint density at radius 3 is 2.59 bits per heavy atom. The summed E-state index contributed by atoms with van der Waals surface area (Å²) in [5, 5.41) is 2.85. The van der Waals surface area contributed by atoms with E-state index in [0.717, 1.165) is 15.4 Å². The van der Waals surface area contributed by atoms with Crippen molar-refractivity contribution in [3.63, 3.8) is 0 Å². The number of amides is 1. The average Bonchev–Trinajstić information content (AvgIpc) is 2.69. The van der Waals surface area contributed by atoms with E-state index in [4.69, 9.17) is 14.2 Å². The molecule has 4 rings (SSSR count). The van der Waals surface area contributed by atoms with Gasteiger partial charge < -0.3 is 19.5 Å². The third-order valence-corrected chi connectivity index (χ3v) is 6.40. The van der Waals surface area contributed by atoms with Crippen molar-refractivity contribution in [3.05, 3.63) is 47.8 Å². The lowest BCUT2D eigenvalue weighted by atomic mass is 9.86. The highest BCUT2D eigenvalue weighted by atomic mass is 32.2. The summed E-state index contributed by atoms with van der Waals surface area (Å²) in [6.07, 6.45) is 1.39. The van der Waals surface area contributed by atoms with E-state index in [0.29, 0.717) is 37.5 Å². The highest BCUT2D eigenvalue weighted by molar-refractivity contribution is 7.99. The molecular formula is C22H24FNO4S. The Labute approximate surface area is 173 Å². The lowest BCUT2D eigenvalue weighted by Crippen LogP contribution is -2.45. The lowest BCUT2D eigenvalue weighted by molar-refractivity contribution is -0.129. The molecule has 2 aliphatic rings. The molecule has 1 N–H and O–H groups in total. The molecule has 0 radical (unpaired) electrons. The second-order valence-corrected chi connectivity index (χ2v) is 8.96. The zero-order chi connectivity index (χ0) is 20.6. The standard InChI is InChI=1S/C22H24FNO4S/c1-21(2)20(25)24-18-5-4-16(13-19(18)28-21)29-17-11-14(10-15(23)12-17)22(26-3)6-8-27-9-7-22/h4-5,10-13H,6-9H2,1-3H3,(H,24,25). The number of nitrogens with one attached hydrogen (secondary N) is 1. The van der Waals surface area contributed by atoms with Crippen molar-refractivity contribution in [2.24, 2.45) is 0 Å². The van der Waals surface area contributed by atoms with Gasteiger partial charge in [-0.2, -0.15) is 0 Å². The molecule has 29 heavy (non-hydrogen) atoms. The SMILES string of the molecule is COC1(c2cc(F)cc(Sc3ccc4c(c3)OC(C)(C)C(=O)N4)c2)CCOCC1. The molecule has 0 spiro atoms. The van der Waals surface area contributed by atoms with Crippen LogP contribution >= 0.6 is 11.8 Å². The van der Waals surface area contributed by atoms with E-state index < -0.39 is 11.2 Å². The van der Waals surface area contributed by atoms with Gasteiger partial charge in [0.15, 0.2) is 5.60 Å². The largest absolute Gasteiger partial charge is 0.476 e. The first kappa shape index (κ1) is 20.2. The van der Waals surface area contributed by atoms with E-state index in [1.165, 1.54) is 17.8 Å². The van der Waals surface area contributed by atoms with Gasteiger partial charge >= 0.3 is 0 Å². The highest BCUT2D eigenvalue weighted by Crippen LogP contribution is 2.41. The molecule has 2 aliphatic heterocycles. The van der Waals surface area contributed by atoms with Crippen LogP contribution in [0.5, 0.6) is 5.75 Å². The van der Waals surface area contributed by atoms with E-state index >= 15 is 0 Å². The molecule has 0 aromatic heterocycles. The van der Waals surface area contributed by atoms with Crippen LogP contribution < -0.4 is 10.1 Å². The van der Waals surface area contributed by atoms with Crippen LogP contribution in [0.4, 0.5) is 10.1 Å². The fourth-order valence-corrected chi connectivity index (χ4v) is 4.61. The molecule has 1 saturated heterocycles. The number of carbonyl (C=O) groups excluding carboxylic acids is 1. The summed E-state index contributed by atoms with van der Waals surface area (Å²) < 4.78 is 31.6. The van der Waals surface area contributed by atoms with E-state index in [1.807, 2.05) is 18.2 Å². The summed E-state index contributed by atoms with van der Waals surface area (Å²) in [7, 11) is 1.67. The normalized spacial score (nSPS) is 19.8. The van der Waals surface area contributed by atoms with Crippen LogP contribution in [0.25, 0.3) is 0 Å². The summed E-state index contributed by atoms with van der Waals surface area (Å²) in [5.41, 5.74) is 0.00614. The average molecular weight is 418 g/mol. The Balaban J connectivity index is 1.62. The fraction of sp³-hybridized carbons (Fsp3) is 0.409. The zero-order valence-corrected chi connectivity index (χ0v) is 17.5. The van der Waals surface area contributed by atoms with Crippen LogP contribution in [0, 0.1) is 5.82 Å². The third kappa shape index (κ3) is 3.99. The van der Waals surface area contributed by atoms with Crippen LogP contribution in [0.2, 0.25) is 0 Å². The Kier molecular flexibility index (Phi) is 5.31. The van der Waals surface area contributed by atoms with E-state index in [2.05, 4.69) is 5.32 Å². The molecule has 2 heterocycles. The van der Waals surface area contributed by atoms with Crippen LogP contribution in [0.3, 0.4) is 0 Å². The van der Waals surface area contributed by atoms with E-state index in [-0.39, 0.29) is 11.7 Å². The monoisotopic (exact) mass is 417 g/mol. The molecule has 5 nitrogen and oxygen atoms in total. The van der Waals surface area contributed by atoms with Crippen molar-refractivity contribution >= 4 is 23.4 Å². The van der Waals surface area contributed by atoms with Gasteiger partial charge in [0.25, 0.3) is 5.91 Å². The van der Waals surface area contributed by atoms with Gasteiger partial charge in [0.05, 0.1) is 11.3 Å². The van der Waals surface area contributed by atoms with Crippen molar-refractivity contribution in [1.29, 1.82) is 0 Å². The first-order valence-corrected chi connectivity index (χ1v) is 10.4. The molecule has 7 heteroatoms. The highest BCUT2D eigenvalue weighted by Gasteiger charge is 2.36. The molecule has 1 amide bonds. The minimum atomic E-state index is -0.934. The first-order valence-electron chi connectivity index (χ1n) is 9.58. The summed E-state index contributed by atoms with van der Waals surface area (Å²) in [6, 6.07) is 10.6. The molecule has 0 saturated carbocycles. The lowest BCUT2D eigenvalue weighted by Gasteiger charge is -2.36. The van der Waals surface area contributed by atoms with Gasteiger partial charge in [-0.05, 0) is 55.8 Å². The summed E-state index contributed by atoms with van der Waals surface area (Å²) >= 11 is 1.44. The maximum absolute atomic E-state index is 14.4. The van der Waals surface area contributed by atoms with Crippen LogP contribution in [0.15, 0.2) is 46.2 Å². The number of ether oxygens (including phenoxy) is 3. The summed E-state index contributed by atoms with van der Waals surface area (Å²) in [6.45, 7) is 4.64. The van der Waals surface area contributed by atoms with Gasteiger partial charge in [-0.25, -0.2) is 4.39 Å². The topological polar surface area (TPSA) is 56.8 Å². The third-order valence-electron chi connectivity index (χ3n) is 5.44. The van der Waals surface area contributed by atoms with E-state index in [9.17, 15) is 9.18 Å². The Morgan fingerprint density at radius 1 is 1.10 bits per heavy atom. The van der Waals surface area contributed by atoms with Crippen molar-refractivity contribution in [2.75, 3.05) is 25.6 Å². The maximum atomic E-state index is 14.4. The number of benzene rings is 2. The molecule has 2 aromatic carbocycles. The van der Waals surface area contributed by atoms with Crippen LogP contribution in [-0.4, -0.2) is 31.8 Å². The van der Waals surface area contributed by atoms with Crippen LogP contribution in [-0.2, 0) is 19.9 Å². The van der Waals surface area contributed by atoms with Gasteiger partial charge in [0.1, 0.15) is 11.6 Å².